The highest BCUT2D eigenvalue weighted by atomic mass is 14.8. The molecular formula is C7H14N2. The van der Waals surface area contributed by atoms with Crippen LogP contribution in [0.4, 0.5) is 0 Å². The smallest absolute Gasteiger partial charge is 0.0855 e. The zero-order chi connectivity index (χ0) is 7.11. The van der Waals surface area contributed by atoms with E-state index in [2.05, 4.69) is 18.0 Å². The van der Waals surface area contributed by atoms with Crippen LogP contribution in [0.5, 0.6) is 0 Å². The van der Waals surface area contributed by atoms with E-state index < -0.39 is 0 Å². The summed E-state index contributed by atoms with van der Waals surface area (Å²) in [5.74, 6) is 0. The fourth-order valence-electron chi connectivity index (χ4n) is 0.523. The highest BCUT2D eigenvalue weighted by Gasteiger charge is 1.78. The van der Waals surface area contributed by atoms with Gasteiger partial charge in [-0.2, -0.15) is 0 Å². The number of rotatable bonds is 3. The van der Waals surface area contributed by atoms with Gasteiger partial charge in [-0.3, -0.25) is 0 Å². The van der Waals surface area contributed by atoms with Gasteiger partial charge in [-0.25, -0.2) is 4.99 Å². The second-order valence-corrected chi connectivity index (χ2v) is 1.91. The molecular weight excluding hydrogens is 112 g/mol. The quantitative estimate of drug-likeness (QED) is 0.453. The Balaban J connectivity index is 3.55. The maximum atomic E-state index is 5.07. The molecule has 0 spiro atoms. The molecule has 0 saturated carbocycles. The molecule has 0 aromatic carbocycles. The van der Waals surface area contributed by atoms with Gasteiger partial charge < -0.3 is 5.73 Å². The van der Waals surface area contributed by atoms with E-state index in [-0.39, 0.29) is 0 Å². The maximum Gasteiger partial charge on any atom is 0.0855 e. The van der Waals surface area contributed by atoms with Gasteiger partial charge in [0.05, 0.1) is 6.34 Å². The average molecular weight is 126 g/mol. The lowest BCUT2D eigenvalue weighted by Gasteiger charge is -1.88. The van der Waals surface area contributed by atoms with Crippen LogP contribution in [0.25, 0.3) is 0 Å². The number of allylic oxidation sites excluding steroid dienone is 2. The van der Waals surface area contributed by atoms with Crippen molar-refractivity contribution in [3.05, 3.63) is 11.8 Å². The highest BCUT2D eigenvalue weighted by Crippen LogP contribution is 1.97. The zero-order valence-corrected chi connectivity index (χ0v) is 6.09. The molecule has 0 fully saturated rings. The van der Waals surface area contributed by atoms with Crippen molar-refractivity contribution in [2.24, 2.45) is 10.7 Å². The molecule has 0 aliphatic rings. The van der Waals surface area contributed by atoms with Crippen molar-refractivity contribution in [1.29, 1.82) is 0 Å². The molecule has 0 bridgehead atoms. The average Bonchev–Trinajstić information content (AvgIpc) is 1.85. The number of nitrogens with two attached hydrogens (primary N) is 1. The van der Waals surface area contributed by atoms with Gasteiger partial charge in [-0.15, -0.1) is 0 Å². The van der Waals surface area contributed by atoms with E-state index in [0.29, 0.717) is 0 Å². The predicted octanol–water partition coefficient (Wildman–Crippen LogP) is 1.68. The number of aliphatic imine (C=N–C) groups is 1. The van der Waals surface area contributed by atoms with Gasteiger partial charge in [0.2, 0.25) is 0 Å². The van der Waals surface area contributed by atoms with Crippen LogP contribution in [0.15, 0.2) is 16.8 Å². The summed E-state index contributed by atoms with van der Waals surface area (Å²) < 4.78 is 0. The predicted molar refractivity (Wildman–Crippen MR) is 41.3 cm³/mol. The molecule has 0 saturated heterocycles. The number of unbranched alkanes of at least 4 members (excludes halogenated alkanes) is 1. The molecule has 9 heavy (non-hydrogen) atoms. The first kappa shape index (κ1) is 8.21. The van der Waals surface area contributed by atoms with Crippen molar-refractivity contribution in [2.45, 2.75) is 26.7 Å². The summed E-state index contributed by atoms with van der Waals surface area (Å²) in [6.07, 6.45) is 5.64. The second-order valence-electron chi connectivity index (χ2n) is 1.91. The maximum absolute atomic E-state index is 5.07. The van der Waals surface area contributed by atoms with Crippen LogP contribution in [0, 0.1) is 0 Å². The third-order valence-electron chi connectivity index (χ3n) is 1.01. The van der Waals surface area contributed by atoms with E-state index in [1.807, 2.05) is 6.92 Å². The standard InChI is InChI=1S/C7H14N2/c1-3-4-5-7(2)9-6-8/h5-6H,3-4H2,1-2H3,(H2,8,9)/b7-5-. The van der Waals surface area contributed by atoms with Gasteiger partial charge in [0.15, 0.2) is 0 Å². The molecule has 0 unspecified atom stereocenters. The molecule has 0 amide bonds. The van der Waals surface area contributed by atoms with Crippen LogP contribution in [-0.2, 0) is 0 Å². The van der Waals surface area contributed by atoms with Gasteiger partial charge in [0, 0.05) is 5.70 Å². The van der Waals surface area contributed by atoms with Crippen LogP contribution in [0.3, 0.4) is 0 Å². The molecule has 0 aliphatic carbocycles. The minimum Gasteiger partial charge on any atom is -0.390 e. The lowest BCUT2D eigenvalue weighted by molar-refractivity contribution is 0.946. The normalized spacial score (nSPS) is 12.9. The second kappa shape index (κ2) is 5.35. The van der Waals surface area contributed by atoms with E-state index >= 15 is 0 Å². The van der Waals surface area contributed by atoms with Crippen molar-refractivity contribution in [3.63, 3.8) is 0 Å². The molecule has 2 heteroatoms. The van der Waals surface area contributed by atoms with Gasteiger partial charge in [0.25, 0.3) is 0 Å². The molecule has 2 N–H and O–H groups in total. The Morgan fingerprint density at radius 2 is 2.33 bits per heavy atom. The lowest BCUT2D eigenvalue weighted by atomic mass is 10.3. The van der Waals surface area contributed by atoms with Gasteiger partial charge in [0.1, 0.15) is 0 Å². The Hall–Kier alpha value is -0.790. The van der Waals surface area contributed by atoms with E-state index in [0.717, 1.165) is 18.5 Å². The van der Waals surface area contributed by atoms with Crippen LogP contribution in [0.1, 0.15) is 26.7 Å². The first-order chi connectivity index (χ1) is 4.31. The van der Waals surface area contributed by atoms with Gasteiger partial charge in [-0.1, -0.05) is 19.4 Å². The Bertz CT molecular complexity index is 114. The minimum atomic E-state index is 0.999. The summed E-state index contributed by atoms with van der Waals surface area (Å²) in [4.78, 5) is 3.88. The number of hydrogen-bond acceptors (Lipinski definition) is 1. The van der Waals surface area contributed by atoms with E-state index in [4.69, 9.17) is 5.73 Å². The summed E-state index contributed by atoms with van der Waals surface area (Å²) in [5, 5.41) is 0. The molecule has 52 valence electrons. The molecule has 0 heterocycles. The van der Waals surface area contributed by atoms with Crippen LogP contribution in [0.2, 0.25) is 0 Å². The summed E-state index contributed by atoms with van der Waals surface area (Å²) in [6, 6.07) is 0. The van der Waals surface area contributed by atoms with Crippen LogP contribution >= 0.6 is 0 Å². The third kappa shape index (κ3) is 5.07. The van der Waals surface area contributed by atoms with Gasteiger partial charge in [-0.05, 0) is 13.3 Å². The van der Waals surface area contributed by atoms with Crippen molar-refractivity contribution in [2.75, 3.05) is 0 Å². The Kier molecular flexibility index (Phi) is 4.88. The molecule has 0 aromatic heterocycles. The first-order valence-electron chi connectivity index (χ1n) is 3.22. The largest absolute Gasteiger partial charge is 0.390 e. The zero-order valence-electron chi connectivity index (χ0n) is 6.09. The van der Waals surface area contributed by atoms with Gasteiger partial charge >= 0.3 is 0 Å². The summed E-state index contributed by atoms with van der Waals surface area (Å²) in [5.41, 5.74) is 6.07. The molecule has 2 nitrogen and oxygen atoms in total. The van der Waals surface area contributed by atoms with Crippen LogP contribution < -0.4 is 5.73 Å². The highest BCUT2D eigenvalue weighted by molar-refractivity contribution is 5.53. The Morgan fingerprint density at radius 3 is 2.78 bits per heavy atom. The molecule has 0 rings (SSSR count). The monoisotopic (exact) mass is 126 g/mol. The van der Waals surface area contributed by atoms with Crippen LogP contribution in [-0.4, -0.2) is 6.34 Å². The van der Waals surface area contributed by atoms with E-state index in [1.54, 1.807) is 0 Å². The summed E-state index contributed by atoms with van der Waals surface area (Å²) >= 11 is 0. The molecule has 0 atom stereocenters. The SMILES string of the molecule is CCC/C=C(C)\N=C/N. The Morgan fingerprint density at radius 1 is 1.67 bits per heavy atom. The summed E-state index contributed by atoms with van der Waals surface area (Å²) in [6.45, 7) is 4.08. The fourth-order valence-corrected chi connectivity index (χ4v) is 0.523. The van der Waals surface area contributed by atoms with Crippen molar-refractivity contribution in [1.82, 2.24) is 0 Å². The van der Waals surface area contributed by atoms with Crippen molar-refractivity contribution < 1.29 is 0 Å². The third-order valence-corrected chi connectivity index (χ3v) is 1.01. The fraction of sp³-hybridized carbons (Fsp3) is 0.571. The Labute approximate surface area is 56.5 Å². The lowest BCUT2D eigenvalue weighted by Crippen LogP contribution is -1.87. The number of hydrogen-bond donors (Lipinski definition) is 1. The first-order valence-corrected chi connectivity index (χ1v) is 3.22. The molecule has 0 aromatic rings. The molecule has 0 radical (unpaired) electrons. The van der Waals surface area contributed by atoms with E-state index in [9.17, 15) is 0 Å². The molecule has 0 aliphatic heterocycles. The topological polar surface area (TPSA) is 38.4 Å². The van der Waals surface area contributed by atoms with Crippen molar-refractivity contribution >= 4 is 6.34 Å². The van der Waals surface area contributed by atoms with Crippen molar-refractivity contribution in [3.8, 4) is 0 Å². The number of nitrogens with zero attached hydrogens (tertiary/aromatic N) is 1. The van der Waals surface area contributed by atoms with E-state index in [1.165, 1.54) is 6.34 Å². The minimum absolute atomic E-state index is 0.999. The summed E-state index contributed by atoms with van der Waals surface area (Å²) in [7, 11) is 0.